The van der Waals surface area contributed by atoms with Crippen LogP contribution in [0.4, 0.5) is 0 Å². The third kappa shape index (κ3) is 2.36. The largest absolute Gasteiger partial charge is 0.308 e. The Balaban J connectivity index is 2.23. The molecule has 0 saturated carbocycles. The molecule has 80 valence electrons. The molecule has 0 aliphatic heterocycles. The Hall–Kier alpha value is -1.35. The van der Waals surface area contributed by atoms with Gasteiger partial charge in [0.1, 0.15) is 0 Å². The number of rotatable bonds is 3. The minimum Gasteiger partial charge on any atom is -0.308 e. The fourth-order valence-corrected chi connectivity index (χ4v) is 1.61. The van der Waals surface area contributed by atoms with Crippen molar-refractivity contribution in [1.29, 1.82) is 0 Å². The number of benzene rings is 1. The first kappa shape index (κ1) is 10.2. The van der Waals surface area contributed by atoms with Gasteiger partial charge >= 0.3 is 0 Å². The molecule has 2 aromatic rings. The summed E-state index contributed by atoms with van der Waals surface area (Å²) in [5.41, 5.74) is 2.37. The molecule has 1 aromatic carbocycles. The van der Waals surface area contributed by atoms with Crippen LogP contribution >= 0.6 is 0 Å². The van der Waals surface area contributed by atoms with Gasteiger partial charge in [0, 0.05) is 18.1 Å². The first-order valence-electron chi connectivity index (χ1n) is 5.24. The summed E-state index contributed by atoms with van der Waals surface area (Å²) >= 11 is 0. The van der Waals surface area contributed by atoms with E-state index >= 15 is 0 Å². The molecule has 2 rings (SSSR count). The van der Waals surface area contributed by atoms with Crippen LogP contribution in [0, 0.1) is 6.92 Å². The second kappa shape index (κ2) is 4.03. The van der Waals surface area contributed by atoms with Crippen molar-refractivity contribution in [1.82, 2.24) is 14.7 Å². The Morgan fingerprint density at radius 1 is 1.33 bits per heavy atom. The van der Waals surface area contributed by atoms with Crippen LogP contribution in [0.2, 0.25) is 0 Å². The van der Waals surface area contributed by atoms with Crippen molar-refractivity contribution in [3.63, 3.8) is 0 Å². The van der Waals surface area contributed by atoms with Crippen molar-refractivity contribution < 1.29 is 0 Å². The van der Waals surface area contributed by atoms with E-state index < -0.39 is 0 Å². The molecule has 3 nitrogen and oxygen atoms in total. The van der Waals surface area contributed by atoms with E-state index in [-0.39, 0.29) is 0 Å². The summed E-state index contributed by atoms with van der Waals surface area (Å²) < 4.78 is 2.02. The zero-order valence-corrected chi connectivity index (χ0v) is 9.57. The summed E-state index contributed by atoms with van der Waals surface area (Å²) in [5, 5.41) is 5.75. The molecular weight excluding hydrogens is 186 g/mol. The van der Waals surface area contributed by atoms with E-state index in [0.717, 1.165) is 18.6 Å². The summed E-state index contributed by atoms with van der Waals surface area (Å²) in [6.07, 6.45) is 2.12. The Labute approximate surface area is 90.3 Å². The first-order valence-corrected chi connectivity index (χ1v) is 5.24. The number of fused-ring (bicyclic) bond motifs is 1. The van der Waals surface area contributed by atoms with Gasteiger partial charge in [-0.2, -0.15) is 5.10 Å². The van der Waals surface area contributed by atoms with E-state index in [9.17, 15) is 0 Å². The summed E-state index contributed by atoms with van der Waals surface area (Å²) in [7, 11) is 4.15. The summed E-state index contributed by atoms with van der Waals surface area (Å²) in [6, 6.07) is 6.36. The molecule has 0 N–H and O–H groups in total. The van der Waals surface area contributed by atoms with Gasteiger partial charge in [-0.15, -0.1) is 0 Å². The third-order valence-corrected chi connectivity index (χ3v) is 2.48. The average molecular weight is 203 g/mol. The maximum Gasteiger partial charge on any atom is 0.0923 e. The second-order valence-electron chi connectivity index (χ2n) is 4.26. The van der Waals surface area contributed by atoms with Gasteiger partial charge in [-0.1, -0.05) is 11.6 Å². The van der Waals surface area contributed by atoms with Crippen molar-refractivity contribution in [3.8, 4) is 0 Å². The molecule has 0 saturated heterocycles. The summed E-state index contributed by atoms with van der Waals surface area (Å²) in [4.78, 5) is 2.16. The standard InChI is InChI=1S/C12H17N3/c1-10-4-5-12-11(8-10)9-15(13-12)7-6-14(2)3/h4-5,8-9H,6-7H2,1-3H3. The number of aromatic nitrogens is 2. The third-order valence-electron chi connectivity index (χ3n) is 2.48. The second-order valence-corrected chi connectivity index (χ2v) is 4.26. The van der Waals surface area contributed by atoms with Crippen molar-refractivity contribution in [2.24, 2.45) is 0 Å². The molecule has 0 amide bonds. The molecule has 3 heteroatoms. The van der Waals surface area contributed by atoms with Crippen LogP contribution in [0.1, 0.15) is 5.56 Å². The number of aryl methyl sites for hydroxylation is 1. The van der Waals surface area contributed by atoms with Crippen LogP contribution in [0.25, 0.3) is 10.9 Å². The van der Waals surface area contributed by atoms with Crippen molar-refractivity contribution >= 4 is 10.9 Å². The topological polar surface area (TPSA) is 21.1 Å². The molecule has 0 bridgehead atoms. The minimum atomic E-state index is 0.945. The molecule has 0 aliphatic rings. The Morgan fingerprint density at radius 3 is 2.87 bits per heavy atom. The van der Waals surface area contributed by atoms with E-state index in [4.69, 9.17) is 0 Å². The quantitative estimate of drug-likeness (QED) is 0.759. The first-order chi connectivity index (χ1) is 7.15. The number of likely N-dealkylation sites (N-methyl/N-ethyl adjacent to an activating group) is 1. The van der Waals surface area contributed by atoms with E-state index in [2.05, 4.69) is 55.4 Å². The SMILES string of the molecule is Cc1ccc2nn(CCN(C)C)cc2c1. The summed E-state index contributed by atoms with van der Waals surface area (Å²) in [6.45, 7) is 4.07. The van der Waals surface area contributed by atoms with E-state index in [1.807, 2.05) is 4.68 Å². The van der Waals surface area contributed by atoms with Gasteiger partial charge in [-0.25, -0.2) is 0 Å². The zero-order valence-electron chi connectivity index (χ0n) is 9.57. The minimum absolute atomic E-state index is 0.945. The van der Waals surface area contributed by atoms with Crippen LogP contribution in [-0.4, -0.2) is 35.3 Å². The van der Waals surface area contributed by atoms with Crippen molar-refractivity contribution in [2.45, 2.75) is 13.5 Å². The molecule has 1 heterocycles. The molecule has 0 unspecified atom stereocenters. The highest BCUT2D eigenvalue weighted by Gasteiger charge is 2.00. The van der Waals surface area contributed by atoms with E-state index in [1.165, 1.54) is 10.9 Å². The highest BCUT2D eigenvalue weighted by atomic mass is 15.3. The molecule has 1 aromatic heterocycles. The van der Waals surface area contributed by atoms with Crippen molar-refractivity contribution in [3.05, 3.63) is 30.0 Å². The van der Waals surface area contributed by atoms with Gasteiger partial charge in [-0.3, -0.25) is 4.68 Å². The predicted octanol–water partition coefficient (Wildman–Crippen LogP) is 1.91. The van der Waals surface area contributed by atoms with Crippen LogP contribution in [0.3, 0.4) is 0 Å². The molecule has 0 spiro atoms. The van der Waals surface area contributed by atoms with Gasteiger partial charge < -0.3 is 4.90 Å². The maximum absolute atomic E-state index is 4.52. The molecular formula is C12H17N3. The van der Waals surface area contributed by atoms with Crippen LogP contribution in [-0.2, 0) is 6.54 Å². The number of hydrogen-bond acceptors (Lipinski definition) is 2. The Morgan fingerprint density at radius 2 is 2.13 bits per heavy atom. The smallest absolute Gasteiger partial charge is 0.0923 e. The lowest BCUT2D eigenvalue weighted by molar-refractivity contribution is 0.374. The van der Waals surface area contributed by atoms with Gasteiger partial charge in [-0.05, 0) is 33.2 Å². The fraction of sp³-hybridized carbons (Fsp3) is 0.417. The number of hydrogen-bond donors (Lipinski definition) is 0. The monoisotopic (exact) mass is 203 g/mol. The average Bonchev–Trinajstić information content (AvgIpc) is 2.56. The van der Waals surface area contributed by atoms with Gasteiger partial charge in [0.25, 0.3) is 0 Å². The van der Waals surface area contributed by atoms with Gasteiger partial charge in [0.15, 0.2) is 0 Å². The normalized spacial score (nSPS) is 11.5. The fourth-order valence-electron chi connectivity index (χ4n) is 1.61. The lowest BCUT2D eigenvalue weighted by Gasteiger charge is -2.08. The highest BCUT2D eigenvalue weighted by molar-refractivity contribution is 5.78. The predicted molar refractivity (Wildman–Crippen MR) is 63.0 cm³/mol. The zero-order chi connectivity index (χ0) is 10.8. The lowest BCUT2D eigenvalue weighted by Crippen LogP contribution is -2.18. The van der Waals surface area contributed by atoms with Crippen LogP contribution in [0.15, 0.2) is 24.4 Å². The summed E-state index contributed by atoms with van der Waals surface area (Å²) in [5.74, 6) is 0. The van der Waals surface area contributed by atoms with Crippen LogP contribution < -0.4 is 0 Å². The number of nitrogens with zero attached hydrogens (tertiary/aromatic N) is 3. The van der Waals surface area contributed by atoms with Crippen LogP contribution in [0.5, 0.6) is 0 Å². The molecule has 0 aliphatic carbocycles. The molecule has 0 atom stereocenters. The van der Waals surface area contributed by atoms with E-state index in [0.29, 0.717) is 0 Å². The van der Waals surface area contributed by atoms with E-state index in [1.54, 1.807) is 0 Å². The Kier molecular flexibility index (Phi) is 2.73. The maximum atomic E-state index is 4.52. The lowest BCUT2D eigenvalue weighted by atomic mass is 10.2. The molecule has 0 fully saturated rings. The molecule has 0 radical (unpaired) electrons. The van der Waals surface area contributed by atoms with Gasteiger partial charge in [0.2, 0.25) is 0 Å². The van der Waals surface area contributed by atoms with Crippen molar-refractivity contribution in [2.75, 3.05) is 20.6 Å². The Bertz CT molecular complexity index is 457. The molecule has 15 heavy (non-hydrogen) atoms. The van der Waals surface area contributed by atoms with Gasteiger partial charge in [0.05, 0.1) is 12.1 Å². The highest BCUT2D eigenvalue weighted by Crippen LogP contribution is 2.13.